The summed E-state index contributed by atoms with van der Waals surface area (Å²) in [6, 6.07) is 7.56. The molecule has 0 spiro atoms. The average molecular weight is 332 g/mol. The highest BCUT2D eigenvalue weighted by Gasteiger charge is 2.28. The maximum Gasteiger partial charge on any atom is 0.522 e. The van der Waals surface area contributed by atoms with Gasteiger partial charge in [0.15, 0.2) is 11.6 Å². The van der Waals surface area contributed by atoms with Crippen LogP contribution in [-0.4, -0.2) is 12.3 Å². The molecule has 0 fully saturated rings. The number of rotatable bonds is 4. The summed E-state index contributed by atoms with van der Waals surface area (Å²) in [4.78, 5) is 11.8. The van der Waals surface area contributed by atoms with Crippen LogP contribution in [0, 0.1) is 11.6 Å². The molecular formula is C15H9F5O3. The van der Waals surface area contributed by atoms with Crippen LogP contribution in [0.15, 0.2) is 42.5 Å². The number of carbonyl (C=O) groups excluding carboxylic acids is 1. The number of benzene rings is 2. The van der Waals surface area contributed by atoms with E-state index in [4.69, 9.17) is 4.74 Å². The van der Waals surface area contributed by atoms with Crippen LogP contribution >= 0.6 is 0 Å². The Balaban J connectivity index is 2.01. The Morgan fingerprint density at radius 1 is 0.957 bits per heavy atom. The van der Waals surface area contributed by atoms with E-state index in [2.05, 4.69) is 4.74 Å². The molecule has 23 heavy (non-hydrogen) atoms. The highest BCUT2D eigenvalue weighted by atomic mass is 19.4. The SMILES string of the molecule is O=C(Oc1ccc(F)c(F)c1)c1ccc(COC(F)(F)F)cc1. The third kappa shape index (κ3) is 5.03. The Labute approximate surface area is 127 Å². The van der Waals surface area contributed by atoms with E-state index in [1.807, 2.05) is 0 Å². The molecule has 2 aromatic rings. The van der Waals surface area contributed by atoms with Gasteiger partial charge in [0.2, 0.25) is 0 Å². The van der Waals surface area contributed by atoms with Gasteiger partial charge in [-0.15, -0.1) is 13.2 Å². The van der Waals surface area contributed by atoms with Crippen molar-refractivity contribution in [3.8, 4) is 5.75 Å². The van der Waals surface area contributed by atoms with E-state index < -0.39 is 30.6 Å². The molecule has 0 unspecified atom stereocenters. The standard InChI is InChI=1S/C15H9F5O3/c16-12-6-5-11(7-13(12)17)23-14(21)10-3-1-9(2-4-10)8-22-15(18,19)20/h1-7H,8H2. The van der Waals surface area contributed by atoms with Crippen molar-refractivity contribution in [2.45, 2.75) is 13.0 Å². The van der Waals surface area contributed by atoms with Crippen molar-refractivity contribution in [1.29, 1.82) is 0 Å². The zero-order chi connectivity index (χ0) is 17.0. The molecule has 0 aromatic heterocycles. The van der Waals surface area contributed by atoms with Gasteiger partial charge in [0.1, 0.15) is 5.75 Å². The topological polar surface area (TPSA) is 35.5 Å². The second-order valence-corrected chi connectivity index (χ2v) is 4.40. The van der Waals surface area contributed by atoms with Gasteiger partial charge < -0.3 is 4.74 Å². The fraction of sp³-hybridized carbons (Fsp3) is 0.133. The molecule has 122 valence electrons. The van der Waals surface area contributed by atoms with Gasteiger partial charge >= 0.3 is 12.3 Å². The molecule has 2 rings (SSSR count). The molecule has 0 aliphatic carbocycles. The van der Waals surface area contributed by atoms with Crippen LogP contribution in [-0.2, 0) is 11.3 Å². The first-order valence-corrected chi connectivity index (χ1v) is 6.21. The number of halogens is 5. The number of esters is 1. The summed E-state index contributed by atoms with van der Waals surface area (Å²) in [5, 5.41) is 0. The molecule has 0 saturated heterocycles. The lowest BCUT2D eigenvalue weighted by Crippen LogP contribution is -2.13. The second-order valence-electron chi connectivity index (χ2n) is 4.40. The zero-order valence-electron chi connectivity index (χ0n) is 11.4. The van der Waals surface area contributed by atoms with Gasteiger partial charge in [-0.25, -0.2) is 13.6 Å². The molecule has 0 bridgehead atoms. The highest BCUT2D eigenvalue weighted by molar-refractivity contribution is 5.91. The average Bonchev–Trinajstić information content (AvgIpc) is 2.49. The van der Waals surface area contributed by atoms with Crippen LogP contribution in [0.25, 0.3) is 0 Å². The predicted octanol–water partition coefficient (Wildman–Crippen LogP) is 4.22. The number of hydrogen-bond acceptors (Lipinski definition) is 3. The van der Waals surface area contributed by atoms with E-state index >= 15 is 0 Å². The summed E-state index contributed by atoms with van der Waals surface area (Å²) in [6.07, 6.45) is -4.75. The largest absolute Gasteiger partial charge is 0.522 e. The Hall–Kier alpha value is -2.48. The molecule has 0 amide bonds. The van der Waals surface area contributed by atoms with Crippen LogP contribution in [0.4, 0.5) is 22.0 Å². The molecule has 8 heteroatoms. The zero-order valence-corrected chi connectivity index (χ0v) is 11.4. The molecule has 0 atom stereocenters. The van der Waals surface area contributed by atoms with Gasteiger partial charge in [-0.1, -0.05) is 12.1 Å². The highest BCUT2D eigenvalue weighted by Crippen LogP contribution is 2.20. The predicted molar refractivity (Wildman–Crippen MR) is 68.6 cm³/mol. The Kier molecular flexibility index (Phi) is 4.95. The molecule has 0 radical (unpaired) electrons. The third-order valence-corrected chi connectivity index (χ3v) is 2.69. The van der Waals surface area contributed by atoms with Crippen molar-refractivity contribution in [3.05, 3.63) is 65.2 Å². The molecule has 0 aliphatic heterocycles. The molecule has 0 saturated carbocycles. The van der Waals surface area contributed by atoms with Gasteiger partial charge in [0, 0.05) is 6.07 Å². The monoisotopic (exact) mass is 332 g/mol. The van der Waals surface area contributed by atoms with Gasteiger partial charge in [0.05, 0.1) is 12.2 Å². The Morgan fingerprint density at radius 2 is 1.61 bits per heavy atom. The minimum atomic E-state index is -4.75. The lowest BCUT2D eigenvalue weighted by Gasteiger charge is -2.08. The third-order valence-electron chi connectivity index (χ3n) is 2.69. The van der Waals surface area contributed by atoms with Crippen LogP contribution in [0.5, 0.6) is 5.75 Å². The number of ether oxygens (including phenoxy) is 2. The quantitative estimate of drug-likeness (QED) is 0.478. The van der Waals surface area contributed by atoms with Crippen molar-refractivity contribution in [2.75, 3.05) is 0 Å². The molecule has 0 N–H and O–H groups in total. The molecule has 0 aliphatic rings. The van der Waals surface area contributed by atoms with E-state index in [-0.39, 0.29) is 16.9 Å². The molecule has 2 aromatic carbocycles. The first-order valence-electron chi connectivity index (χ1n) is 6.21. The van der Waals surface area contributed by atoms with Crippen molar-refractivity contribution in [2.24, 2.45) is 0 Å². The Morgan fingerprint density at radius 3 is 2.17 bits per heavy atom. The maximum absolute atomic E-state index is 13.0. The van der Waals surface area contributed by atoms with E-state index in [0.29, 0.717) is 6.07 Å². The molecular weight excluding hydrogens is 323 g/mol. The van der Waals surface area contributed by atoms with Crippen molar-refractivity contribution in [1.82, 2.24) is 0 Å². The fourth-order valence-corrected chi connectivity index (χ4v) is 1.61. The normalized spacial score (nSPS) is 11.3. The summed E-state index contributed by atoms with van der Waals surface area (Å²) < 4.78 is 69.9. The minimum Gasteiger partial charge on any atom is -0.423 e. The molecule has 3 nitrogen and oxygen atoms in total. The van der Waals surface area contributed by atoms with E-state index in [1.54, 1.807) is 0 Å². The van der Waals surface area contributed by atoms with E-state index in [9.17, 15) is 26.7 Å². The smallest absolute Gasteiger partial charge is 0.423 e. The summed E-state index contributed by atoms with van der Waals surface area (Å²) in [6.45, 7) is -0.692. The summed E-state index contributed by atoms with van der Waals surface area (Å²) in [7, 11) is 0. The van der Waals surface area contributed by atoms with Gasteiger partial charge in [-0.2, -0.15) is 0 Å². The first-order chi connectivity index (χ1) is 10.7. The summed E-state index contributed by atoms with van der Waals surface area (Å²) in [5.74, 6) is -3.31. The van der Waals surface area contributed by atoms with Gasteiger partial charge in [0.25, 0.3) is 0 Å². The maximum atomic E-state index is 13.0. The Bertz CT molecular complexity index is 695. The first kappa shape index (κ1) is 16.9. The van der Waals surface area contributed by atoms with Crippen LogP contribution in [0.2, 0.25) is 0 Å². The van der Waals surface area contributed by atoms with Crippen molar-refractivity contribution in [3.63, 3.8) is 0 Å². The van der Waals surface area contributed by atoms with Crippen LogP contribution < -0.4 is 4.74 Å². The van der Waals surface area contributed by atoms with Gasteiger partial charge in [-0.3, -0.25) is 4.74 Å². The second kappa shape index (κ2) is 6.74. The van der Waals surface area contributed by atoms with Crippen LogP contribution in [0.3, 0.4) is 0 Å². The minimum absolute atomic E-state index is 0.0329. The van der Waals surface area contributed by atoms with E-state index in [1.165, 1.54) is 24.3 Å². The summed E-state index contributed by atoms with van der Waals surface area (Å²) in [5.41, 5.74) is 0.234. The van der Waals surface area contributed by atoms with Crippen molar-refractivity contribution < 1.29 is 36.2 Å². The summed E-state index contributed by atoms with van der Waals surface area (Å²) >= 11 is 0. The van der Waals surface area contributed by atoms with E-state index in [0.717, 1.165) is 12.1 Å². The number of carbonyl (C=O) groups is 1. The number of hydrogen-bond donors (Lipinski definition) is 0. The lowest BCUT2D eigenvalue weighted by molar-refractivity contribution is -0.330. The van der Waals surface area contributed by atoms with Crippen LogP contribution in [0.1, 0.15) is 15.9 Å². The van der Waals surface area contributed by atoms with Gasteiger partial charge in [-0.05, 0) is 29.8 Å². The lowest BCUT2D eigenvalue weighted by atomic mass is 10.1. The number of alkyl halides is 3. The van der Waals surface area contributed by atoms with Crippen molar-refractivity contribution >= 4 is 5.97 Å². The molecule has 0 heterocycles. The fourth-order valence-electron chi connectivity index (χ4n) is 1.61.